The first kappa shape index (κ1) is 12.5. The first-order valence-electron chi connectivity index (χ1n) is 7.69. The van der Waals surface area contributed by atoms with Gasteiger partial charge in [0.25, 0.3) is 0 Å². The van der Waals surface area contributed by atoms with Crippen LogP contribution in [0.25, 0.3) is 0 Å². The van der Waals surface area contributed by atoms with E-state index >= 15 is 0 Å². The van der Waals surface area contributed by atoms with Crippen LogP contribution >= 0.6 is 0 Å². The third kappa shape index (κ3) is 2.18. The topological polar surface area (TPSA) is 32.3 Å². The number of carbonyl (C=O) groups excluding carboxylic acids is 1. The van der Waals surface area contributed by atoms with Crippen LogP contribution in [0.5, 0.6) is 0 Å². The molecule has 3 rings (SSSR count). The molecule has 1 aliphatic heterocycles. The molecule has 1 spiro atoms. The van der Waals surface area contributed by atoms with E-state index in [4.69, 9.17) is 0 Å². The summed E-state index contributed by atoms with van der Waals surface area (Å²) < 4.78 is 0. The molecular weight excluding hydrogens is 224 g/mol. The van der Waals surface area contributed by atoms with Gasteiger partial charge in [0.1, 0.15) is 0 Å². The molecule has 0 aromatic rings. The molecule has 3 nitrogen and oxygen atoms in total. The Morgan fingerprint density at radius 2 is 2.00 bits per heavy atom. The Morgan fingerprint density at radius 3 is 2.56 bits per heavy atom. The molecule has 2 aliphatic carbocycles. The highest BCUT2D eigenvalue weighted by atomic mass is 16.2. The third-order valence-electron chi connectivity index (χ3n) is 4.86. The van der Waals surface area contributed by atoms with E-state index in [2.05, 4.69) is 24.1 Å². The van der Waals surface area contributed by atoms with Gasteiger partial charge in [-0.2, -0.15) is 0 Å². The molecule has 1 saturated heterocycles. The van der Waals surface area contributed by atoms with Crippen molar-refractivity contribution in [3.8, 4) is 0 Å². The molecule has 0 bridgehead atoms. The van der Waals surface area contributed by atoms with Gasteiger partial charge in [0.15, 0.2) is 0 Å². The molecule has 18 heavy (non-hydrogen) atoms. The average molecular weight is 250 g/mol. The van der Waals surface area contributed by atoms with E-state index < -0.39 is 0 Å². The highest BCUT2D eigenvalue weighted by molar-refractivity contribution is 5.91. The summed E-state index contributed by atoms with van der Waals surface area (Å²) in [6, 6.07) is 0. The number of carbonyl (C=O) groups is 1. The Balaban J connectivity index is 1.68. The predicted molar refractivity (Wildman–Crippen MR) is 72.0 cm³/mol. The van der Waals surface area contributed by atoms with E-state index in [-0.39, 0.29) is 5.54 Å². The maximum Gasteiger partial charge on any atom is 0.244 e. The van der Waals surface area contributed by atoms with Gasteiger partial charge in [-0.15, -0.1) is 0 Å². The average Bonchev–Trinajstić information content (AvgIpc) is 2.82. The van der Waals surface area contributed by atoms with E-state index in [1.807, 2.05) is 0 Å². The molecule has 1 N–H and O–H groups in total. The first-order valence-corrected chi connectivity index (χ1v) is 7.69. The molecule has 0 aromatic carbocycles. The van der Waals surface area contributed by atoms with E-state index in [0.717, 1.165) is 31.7 Å². The molecule has 3 heteroatoms. The summed E-state index contributed by atoms with van der Waals surface area (Å²) in [6.45, 7) is 5.50. The van der Waals surface area contributed by atoms with Crippen LogP contribution in [0.1, 0.15) is 58.8 Å². The van der Waals surface area contributed by atoms with Crippen molar-refractivity contribution in [2.45, 2.75) is 70.5 Å². The van der Waals surface area contributed by atoms with Gasteiger partial charge in [-0.3, -0.25) is 10.1 Å². The monoisotopic (exact) mass is 250 g/mol. The summed E-state index contributed by atoms with van der Waals surface area (Å²) in [7, 11) is 0. The fourth-order valence-electron chi connectivity index (χ4n) is 3.67. The van der Waals surface area contributed by atoms with Crippen molar-refractivity contribution in [1.82, 2.24) is 10.2 Å². The predicted octanol–water partition coefficient (Wildman–Crippen LogP) is 2.51. The Kier molecular flexibility index (Phi) is 3.13. The van der Waals surface area contributed by atoms with Gasteiger partial charge in [0.05, 0.1) is 11.7 Å². The van der Waals surface area contributed by atoms with Crippen molar-refractivity contribution in [2.75, 3.05) is 6.54 Å². The van der Waals surface area contributed by atoms with Gasteiger partial charge in [0, 0.05) is 6.54 Å². The highest BCUT2D eigenvalue weighted by Crippen LogP contribution is 2.43. The number of amides is 1. The number of rotatable bonds is 4. The van der Waals surface area contributed by atoms with Crippen molar-refractivity contribution < 1.29 is 4.79 Å². The van der Waals surface area contributed by atoms with Crippen molar-refractivity contribution in [2.24, 2.45) is 11.8 Å². The summed E-state index contributed by atoms with van der Waals surface area (Å²) in [5, 5.41) is 3.62. The maximum absolute atomic E-state index is 12.5. The zero-order valence-electron chi connectivity index (χ0n) is 11.7. The molecule has 0 aromatic heterocycles. The zero-order chi connectivity index (χ0) is 12.8. The highest BCUT2D eigenvalue weighted by Gasteiger charge is 2.59. The summed E-state index contributed by atoms with van der Waals surface area (Å²) >= 11 is 0. The number of nitrogens with zero attached hydrogens (tertiary/aromatic N) is 1. The zero-order valence-corrected chi connectivity index (χ0v) is 11.7. The Morgan fingerprint density at radius 1 is 1.33 bits per heavy atom. The fourth-order valence-corrected chi connectivity index (χ4v) is 3.67. The van der Waals surface area contributed by atoms with E-state index in [9.17, 15) is 4.79 Å². The van der Waals surface area contributed by atoms with Crippen molar-refractivity contribution >= 4 is 5.91 Å². The van der Waals surface area contributed by atoms with Crippen molar-refractivity contribution in [1.29, 1.82) is 0 Å². The molecule has 102 valence electrons. The van der Waals surface area contributed by atoms with Gasteiger partial charge >= 0.3 is 0 Å². The minimum atomic E-state index is -0.127. The van der Waals surface area contributed by atoms with Gasteiger partial charge in [-0.25, -0.2) is 0 Å². The molecule has 2 saturated carbocycles. The van der Waals surface area contributed by atoms with Gasteiger partial charge in [-0.1, -0.05) is 26.7 Å². The SMILES string of the molecule is CC(C)CC1NC2(CC2)C(=O)N1CC1CCCC1. The maximum atomic E-state index is 12.5. The second-order valence-electron chi connectivity index (χ2n) is 6.98. The quantitative estimate of drug-likeness (QED) is 0.831. The lowest BCUT2D eigenvalue weighted by molar-refractivity contribution is -0.131. The third-order valence-corrected chi connectivity index (χ3v) is 4.86. The fraction of sp³-hybridized carbons (Fsp3) is 0.933. The smallest absolute Gasteiger partial charge is 0.244 e. The van der Waals surface area contributed by atoms with Gasteiger partial charge < -0.3 is 4.90 Å². The lowest BCUT2D eigenvalue weighted by atomic mass is 10.1. The molecule has 1 amide bonds. The summed E-state index contributed by atoms with van der Waals surface area (Å²) in [5.74, 6) is 1.81. The summed E-state index contributed by atoms with van der Waals surface area (Å²) in [5.41, 5.74) is -0.127. The largest absolute Gasteiger partial charge is 0.325 e. The molecule has 1 unspecified atom stereocenters. The normalized spacial score (nSPS) is 30.9. The van der Waals surface area contributed by atoms with E-state index in [1.54, 1.807) is 0 Å². The van der Waals surface area contributed by atoms with Crippen LogP contribution in [0.15, 0.2) is 0 Å². The minimum absolute atomic E-state index is 0.127. The molecular formula is C15H26N2O. The lowest BCUT2D eigenvalue weighted by Crippen LogP contribution is -2.40. The van der Waals surface area contributed by atoms with Gasteiger partial charge in [-0.05, 0) is 43.9 Å². The van der Waals surface area contributed by atoms with Crippen LogP contribution < -0.4 is 5.32 Å². The Hall–Kier alpha value is -0.570. The molecule has 1 heterocycles. The lowest BCUT2D eigenvalue weighted by Gasteiger charge is -2.28. The Labute approximate surface area is 110 Å². The van der Waals surface area contributed by atoms with Crippen LogP contribution in [-0.2, 0) is 4.79 Å². The number of hydrogen-bond acceptors (Lipinski definition) is 2. The first-order chi connectivity index (χ1) is 8.61. The van der Waals surface area contributed by atoms with Crippen molar-refractivity contribution in [3.05, 3.63) is 0 Å². The minimum Gasteiger partial charge on any atom is -0.325 e. The van der Waals surface area contributed by atoms with Gasteiger partial charge in [0.2, 0.25) is 5.91 Å². The van der Waals surface area contributed by atoms with Crippen LogP contribution in [-0.4, -0.2) is 29.1 Å². The van der Waals surface area contributed by atoms with E-state index in [0.29, 0.717) is 18.0 Å². The number of hydrogen-bond donors (Lipinski definition) is 1. The number of nitrogens with one attached hydrogen (secondary N) is 1. The van der Waals surface area contributed by atoms with Crippen molar-refractivity contribution in [3.63, 3.8) is 0 Å². The Bertz CT molecular complexity index is 329. The summed E-state index contributed by atoms with van der Waals surface area (Å²) in [4.78, 5) is 14.7. The van der Waals surface area contributed by atoms with E-state index in [1.165, 1.54) is 25.7 Å². The van der Waals surface area contributed by atoms with Crippen LogP contribution in [0.3, 0.4) is 0 Å². The van der Waals surface area contributed by atoms with Crippen LogP contribution in [0, 0.1) is 11.8 Å². The molecule has 1 atom stereocenters. The molecule has 0 radical (unpaired) electrons. The molecule has 3 aliphatic rings. The van der Waals surface area contributed by atoms with Crippen LogP contribution in [0.4, 0.5) is 0 Å². The van der Waals surface area contributed by atoms with Crippen LogP contribution in [0.2, 0.25) is 0 Å². The standard InChI is InChI=1S/C15H26N2O/c1-11(2)9-13-16-15(7-8-15)14(18)17(13)10-12-5-3-4-6-12/h11-13,16H,3-10H2,1-2H3. The molecule has 3 fully saturated rings. The second-order valence-corrected chi connectivity index (χ2v) is 6.98. The second kappa shape index (κ2) is 4.52. The summed E-state index contributed by atoms with van der Waals surface area (Å²) in [6.07, 6.45) is 8.89.